The van der Waals surface area contributed by atoms with E-state index >= 15 is 0 Å². The molecule has 1 N–H and O–H groups in total. The maximum atomic E-state index is 11.3. The molecule has 0 saturated heterocycles. The highest BCUT2D eigenvalue weighted by Gasteiger charge is 2.34. The van der Waals surface area contributed by atoms with Gasteiger partial charge in [0.15, 0.2) is 0 Å². The van der Waals surface area contributed by atoms with Gasteiger partial charge in [0.1, 0.15) is 12.6 Å². The fourth-order valence-electron chi connectivity index (χ4n) is 1.91. The van der Waals surface area contributed by atoms with Crippen molar-refractivity contribution in [2.75, 3.05) is 6.61 Å². The second-order valence-electron chi connectivity index (χ2n) is 6.22. The Hall–Kier alpha value is -1.06. The van der Waals surface area contributed by atoms with Gasteiger partial charge in [0.05, 0.1) is 6.04 Å². The quantitative estimate of drug-likeness (QED) is 0.837. The van der Waals surface area contributed by atoms with Crippen LogP contribution in [0.2, 0.25) is 0 Å². The smallest absolute Gasteiger partial charge is 0.217 e. The number of carbonyl (C=O) groups excluding carboxylic acids is 1. The number of hydrogen-bond donors (Lipinski definition) is 1. The Morgan fingerprint density at radius 1 is 1.56 bits per heavy atom. The number of nitrogens with zero attached hydrogens (tertiary/aromatic N) is 1. The molecular weight excluding hydrogens is 228 g/mol. The Bertz CT molecular complexity index is 331. The van der Waals surface area contributed by atoms with Crippen molar-refractivity contribution in [2.24, 2.45) is 16.3 Å². The van der Waals surface area contributed by atoms with Gasteiger partial charge in [-0.05, 0) is 11.3 Å². The van der Waals surface area contributed by atoms with E-state index in [0.717, 1.165) is 6.42 Å². The van der Waals surface area contributed by atoms with Crippen molar-refractivity contribution in [3.05, 3.63) is 0 Å². The molecule has 3 atom stereocenters. The molecular formula is C14H26N2O2. The number of carbonyl (C=O) groups is 1. The molecule has 1 heterocycles. The highest BCUT2D eigenvalue weighted by atomic mass is 16.5. The third-order valence-electron chi connectivity index (χ3n) is 3.51. The van der Waals surface area contributed by atoms with Crippen LogP contribution >= 0.6 is 0 Å². The van der Waals surface area contributed by atoms with Gasteiger partial charge in [-0.25, -0.2) is 4.99 Å². The van der Waals surface area contributed by atoms with Crippen LogP contribution in [0.3, 0.4) is 0 Å². The van der Waals surface area contributed by atoms with Gasteiger partial charge in [0.2, 0.25) is 11.8 Å². The van der Waals surface area contributed by atoms with Gasteiger partial charge in [0, 0.05) is 6.92 Å². The molecule has 1 aliphatic rings. The third kappa shape index (κ3) is 3.72. The lowest BCUT2D eigenvalue weighted by molar-refractivity contribution is -0.119. The minimum absolute atomic E-state index is 0.0363. The molecule has 1 aliphatic heterocycles. The minimum atomic E-state index is -0.0974. The number of rotatable bonds is 4. The number of nitrogens with one attached hydrogen (secondary N) is 1. The summed E-state index contributed by atoms with van der Waals surface area (Å²) in [6.07, 6.45) is 0.980. The fourth-order valence-corrected chi connectivity index (χ4v) is 1.91. The Balaban J connectivity index is 2.84. The molecule has 4 nitrogen and oxygen atoms in total. The van der Waals surface area contributed by atoms with Crippen LogP contribution in [0.4, 0.5) is 0 Å². The molecule has 0 spiro atoms. The molecule has 0 unspecified atom stereocenters. The third-order valence-corrected chi connectivity index (χ3v) is 3.51. The van der Waals surface area contributed by atoms with Gasteiger partial charge >= 0.3 is 0 Å². The van der Waals surface area contributed by atoms with E-state index in [1.54, 1.807) is 0 Å². The summed E-state index contributed by atoms with van der Waals surface area (Å²) in [6.45, 7) is 12.8. The van der Waals surface area contributed by atoms with E-state index < -0.39 is 0 Å². The zero-order chi connectivity index (χ0) is 13.9. The first-order chi connectivity index (χ1) is 8.25. The molecule has 4 heteroatoms. The Morgan fingerprint density at radius 2 is 2.17 bits per heavy atom. The van der Waals surface area contributed by atoms with Crippen molar-refractivity contribution in [2.45, 2.75) is 60.0 Å². The average molecular weight is 254 g/mol. The summed E-state index contributed by atoms with van der Waals surface area (Å²) >= 11 is 0. The van der Waals surface area contributed by atoms with Crippen LogP contribution in [0.5, 0.6) is 0 Å². The van der Waals surface area contributed by atoms with Crippen molar-refractivity contribution < 1.29 is 9.53 Å². The lowest BCUT2D eigenvalue weighted by Gasteiger charge is -2.23. The van der Waals surface area contributed by atoms with E-state index in [9.17, 15) is 4.79 Å². The van der Waals surface area contributed by atoms with Crippen molar-refractivity contribution in [3.63, 3.8) is 0 Å². The standard InChI is InChI=1S/C14H26N2O2/c1-7-9(2)12(15-10(3)17)13-16-11(8-18-13)14(4,5)6/h9,11-12H,7-8H2,1-6H3,(H,15,17)/t9-,11+,12-/m0/s1. The summed E-state index contributed by atoms with van der Waals surface area (Å²) in [6, 6.07) is 0.0765. The van der Waals surface area contributed by atoms with E-state index in [-0.39, 0.29) is 23.4 Å². The first-order valence-corrected chi connectivity index (χ1v) is 6.73. The van der Waals surface area contributed by atoms with E-state index in [0.29, 0.717) is 18.4 Å². The number of ether oxygens (including phenoxy) is 1. The second kappa shape index (κ2) is 5.72. The van der Waals surface area contributed by atoms with Crippen molar-refractivity contribution >= 4 is 11.8 Å². The number of amides is 1. The first kappa shape index (κ1) is 15.0. The average Bonchev–Trinajstić information content (AvgIpc) is 2.73. The molecule has 0 aromatic rings. The van der Waals surface area contributed by atoms with Gasteiger partial charge in [-0.3, -0.25) is 4.79 Å². The summed E-state index contributed by atoms with van der Waals surface area (Å²) in [7, 11) is 0. The zero-order valence-electron chi connectivity index (χ0n) is 12.4. The molecule has 1 amide bonds. The van der Waals surface area contributed by atoms with Crippen LogP contribution in [0.1, 0.15) is 48.0 Å². The van der Waals surface area contributed by atoms with E-state index in [1.807, 2.05) is 0 Å². The molecule has 104 valence electrons. The topological polar surface area (TPSA) is 50.7 Å². The van der Waals surface area contributed by atoms with Gasteiger partial charge in [-0.15, -0.1) is 0 Å². The molecule has 0 fully saturated rings. The Kier molecular flexibility index (Phi) is 4.77. The summed E-state index contributed by atoms with van der Waals surface area (Å²) < 4.78 is 5.71. The van der Waals surface area contributed by atoms with Crippen LogP contribution in [0, 0.1) is 11.3 Å². The maximum Gasteiger partial charge on any atom is 0.217 e. The molecule has 0 aliphatic carbocycles. The zero-order valence-corrected chi connectivity index (χ0v) is 12.4. The van der Waals surface area contributed by atoms with Gasteiger partial charge in [-0.2, -0.15) is 0 Å². The van der Waals surface area contributed by atoms with E-state index in [1.165, 1.54) is 6.92 Å². The van der Waals surface area contributed by atoms with Crippen molar-refractivity contribution in [3.8, 4) is 0 Å². The Morgan fingerprint density at radius 3 is 2.56 bits per heavy atom. The van der Waals surface area contributed by atoms with E-state index in [4.69, 9.17) is 4.74 Å². The summed E-state index contributed by atoms with van der Waals surface area (Å²) in [5.74, 6) is 0.983. The van der Waals surface area contributed by atoms with Gasteiger partial charge in [-0.1, -0.05) is 41.0 Å². The van der Waals surface area contributed by atoms with Crippen LogP contribution < -0.4 is 5.32 Å². The molecule has 0 aromatic carbocycles. The number of aliphatic imine (C=N–C) groups is 1. The van der Waals surface area contributed by atoms with Gasteiger partial charge < -0.3 is 10.1 Å². The lowest BCUT2D eigenvalue weighted by atomic mass is 9.88. The summed E-state index contributed by atoms with van der Waals surface area (Å²) in [4.78, 5) is 15.9. The molecule has 1 rings (SSSR count). The summed E-state index contributed by atoms with van der Waals surface area (Å²) in [5.41, 5.74) is 0.0952. The van der Waals surface area contributed by atoms with Crippen LogP contribution in [0.15, 0.2) is 4.99 Å². The summed E-state index contributed by atoms with van der Waals surface area (Å²) in [5, 5.41) is 2.95. The molecule has 0 aromatic heterocycles. The first-order valence-electron chi connectivity index (χ1n) is 6.73. The highest BCUT2D eigenvalue weighted by Crippen LogP contribution is 2.27. The molecule has 0 radical (unpaired) electrons. The predicted octanol–water partition coefficient (Wildman–Crippen LogP) is 2.38. The van der Waals surface area contributed by atoms with Gasteiger partial charge in [0.25, 0.3) is 0 Å². The highest BCUT2D eigenvalue weighted by molar-refractivity contribution is 5.88. The second-order valence-corrected chi connectivity index (χ2v) is 6.22. The number of hydrogen-bond acceptors (Lipinski definition) is 3. The molecule has 18 heavy (non-hydrogen) atoms. The molecule has 0 saturated carbocycles. The predicted molar refractivity (Wildman–Crippen MR) is 73.7 cm³/mol. The normalized spacial score (nSPS) is 23.0. The van der Waals surface area contributed by atoms with Crippen molar-refractivity contribution in [1.29, 1.82) is 0 Å². The Labute approximate surface area is 110 Å². The maximum absolute atomic E-state index is 11.3. The SMILES string of the molecule is CC[C@H](C)[C@H](NC(C)=O)C1=N[C@@H](C(C)(C)C)CO1. The monoisotopic (exact) mass is 254 g/mol. The molecule has 0 bridgehead atoms. The van der Waals surface area contributed by atoms with E-state index in [2.05, 4.69) is 44.9 Å². The van der Waals surface area contributed by atoms with Crippen molar-refractivity contribution in [1.82, 2.24) is 5.32 Å². The lowest BCUT2D eigenvalue weighted by Crippen LogP contribution is -2.44. The van der Waals surface area contributed by atoms with Crippen LogP contribution in [-0.4, -0.2) is 30.5 Å². The van der Waals surface area contributed by atoms with Crippen LogP contribution in [0.25, 0.3) is 0 Å². The minimum Gasteiger partial charge on any atom is -0.477 e. The van der Waals surface area contributed by atoms with Crippen LogP contribution in [-0.2, 0) is 9.53 Å². The largest absolute Gasteiger partial charge is 0.477 e. The fraction of sp³-hybridized carbons (Fsp3) is 0.857.